The van der Waals surface area contributed by atoms with Gasteiger partial charge in [0.1, 0.15) is 5.82 Å². The van der Waals surface area contributed by atoms with E-state index in [-0.39, 0.29) is 12.2 Å². The number of hydrogen-bond acceptors (Lipinski definition) is 3. The number of halogens is 3. The van der Waals surface area contributed by atoms with Gasteiger partial charge >= 0.3 is 0 Å². The van der Waals surface area contributed by atoms with E-state index in [9.17, 15) is 13.2 Å². The van der Waals surface area contributed by atoms with Gasteiger partial charge in [0.05, 0.1) is 17.3 Å². The third kappa shape index (κ3) is 3.18. The predicted octanol–water partition coefficient (Wildman–Crippen LogP) is 3.96. The lowest BCUT2D eigenvalue weighted by atomic mass is 9.75. The second-order valence-corrected chi connectivity index (χ2v) is 7.45. The Morgan fingerprint density at radius 3 is 2.54 bits per heavy atom. The second-order valence-electron chi connectivity index (χ2n) is 7.45. The van der Waals surface area contributed by atoms with Gasteiger partial charge in [0, 0.05) is 45.3 Å². The first-order valence-electron chi connectivity index (χ1n) is 8.97. The van der Waals surface area contributed by atoms with Crippen LogP contribution in [-0.2, 0) is 6.54 Å². The van der Waals surface area contributed by atoms with Crippen molar-refractivity contribution < 1.29 is 13.2 Å². The van der Waals surface area contributed by atoms with Gasteiger partial charge in [-0.3, -0.25) is 9.88 Å². The first kappa shape index (κ1) is 17.3. The van der Waals surface area contributed by atoms with Gasteiger partial charge < -0.3 is 4.90 Å². The van der Waals surface area contributed by atoms with Crippen LogP contribution >= 0.6 is 0 Å². The van der Waals surface area contributed by atoms with Crippen LogP contribution in [0.4, 0.5) is 18.9 Å². The fraction of sp³-hybridized carbons (Fsp3) is 0.450. The Morgan fingerprint density at radius 1 is 1.00 bits per heavy atom. The van der Waals surface area contributed by atoms with Gasteiger partial charge in [-0.2, -0.15) is 0 Å². The van der Waals surface area contributed by atoms with E-state index in [1.165, 1.54) is 12.1 Å². The Balaban J connectivity index is 1.51. The third-order valence-corrected chi connectivity index (χ3v) is 5.73. The van der Waals surface area contributed by atoms with E-state index in [0.717, 1.165) is 11.3 Å². The summed E-state index contributed by atoms with van der Waals surface area (Å²) >= 11 is 0. The highest BCUT2D eigenvalue weighted by atomic mass is 19.3. The van der Waals surface area contributed by atoms with Crippen molar-refractivity contribution in [3.8, 4) is 0 Å². The van der Waals surface area contributed by atoms with Crippen LogP contribution in [0.1, 0.15) is 18.4 Å². The number of pyridine rings is 1. The minimum atomic E-state index is -2.68. The third-order valence-electron chi connectivity index (χ3n) is 5.73. The molecule has 0 amide bonds. The van der Waals surface area contributed by atoms with Crippen molar-refractivity contribution in [2.75, 3.05) is 31.1 Å². The molecule has 1 aromatic carbocycles. The van der Waals surface area contributed by atoms with E-state index in [1.54, 1.807) is 24.5 Å². The standard InChI is InChI=1S/C20H22F3N3/c21-17-5-3-16(4-6-17)13-25-10-8-20(22,23)19(14-25)7-11-26(15-19)18-2-1-9-24-12-18/h1-6,9,12H,7-8,10-11,13-15H2. The molecular formula is C20H22F3N3. The van der Waals surface area contributed by atoms with Crippen molar-refractivity contribution in [1.82, 2.24) is 9.88 Å². The fourth-order valence-electron chi connectivity index (χ4n) is 4.23. The van der Waals surface area contributed by atoms with Crippen LogP contribution < -0.4 is 4.90 Å². The molecule has 1 atom stereocenters. The molecule has 3 nitrogen and oxygen atoms in total. The van der Waals surface area contributed by atoms with E-state index in [1.807, 2.05) is 17.0 Å². The molecule has 2 fully saturated rings. The maximum Gasteiger partial charge on any atom is 0.257 e. The molecule has 2 saturated heterocycles. The maximum absolute atomic E-state index is 14.9. The normalized spacial score (nSPS) is 25.7. The summed E-state index contributed by atoms with van der Waals surface area (Å²) in [6.45, 7) is 2.25. The minimum Gasteiger partial charge on any atom is -0.369 e. The Kier molecular flexibility index (Phi) is 4.39. The molecule has 1 aromatic heterocycles. The fourth-order valence-corrected chi connectivity index (χ4v) is 4.23. The summed E-state index contributed by atoms with van der Waals surface area (Å²) in [4.78, 5) is 8.20. The molecule has 0 N–H and O–H groups in total. The van der Waals surface area contributed by atoms with Crippen LogP contribution in [0.5, 0.6) is 0 Å². The molecule has 2 aromatic rings. The molecule has 1 spiro atoms. The van der Waals surface area contributed by atoms with Crippen LogP contribution in [-0.4, -0.2) is 42.0 Å². The molecule has 26 heavy (non-hydrogen) atoms. The van der Waals surface area contributed by atoms with Crippen molar-refractivity contribution in [2.45, 2.75) is 25.3 Å². The number of likely N-dealkylation sites (tertiary alicyclic amines) is 1. The zero-order valence-electron chi connectivity index (χ0n) is 14.5. The number of anilines is 1. The van der Waals surface area contributed by atoms with E-state index in [4.69, 9.17) is 0 Å². The van der Waals surface area contributed by atoms with E-state index >= 15 is 0 Å². The molecule has 0 aliphatic carbocycles. The first-order valence-corrected chi connectivity index (χ1v) is 8.97. The lowest BCUT2D eigenvalue weighted by Gasteiger charge is -2.46. The Labute approximate surface area is 151 Å². The van der Waals surface area contributed by atoms with E-state index in [2.05, 4.69) is 9.88 Å². The molecular weight excluding hydrogens is 339 g/mol. The highest BCUT2D eigenvalue weighted by Gasteiger charge is 2.59. The molecule has 4 rings (SSSR count). The van der Waals surface area contributed by atoms with Crippen molar-refractivity contribution in [3.05, 3.63) is 60.2 Å². The summed E-state index contributed by atoms with van der Waals surface area (Å²) in [6, 6.07) is 10.0. The lowest BCUT2D eigenvalue weighted by Crippen LogP contribution is -2.56. The zero-order chi connectivity index (χ0) is 18.2. The number of piperidine rings is 1. The molecule has 0 saturated carbocycles. The van der Waals surface area contributed by atoms with Gasteiger partial charge in [0.25, 0.3) is 5.92 Å². The van der Waals surface area contributed by atoms with Crippen molar-refractivity contribution >= 4 is 5.69 Å². The Hall–Kier alpha value is -2.08. The SMILES string of the molecule is Fc1ccc(CN2CCC(F)(F)C3(CCN(c4cccnc4)C3)C2)cc1. The Bertz CT molecular complexity index is 751. The molecule has 2 aliphatic heterocycles. The van der Waals surface area contributed by atoms with Crippen molar-refractivity contribution in [1.29, 1.82) is 0 Å². The summed E-state index contributed by atoms with van der Waals surface area (Å²) in [5.41, 5.74) is 0.811. The number of benzene rings is 1. The molecule has 0 bridgehead atoms. The van der Waals surface area contributed by atoms with Gasteiger partial charge in [-0.25, -0.2) is 13.2 Å². The van der Waals surface area contributed by atoms with Crippen LogP contribution in [0.15, 0.2) is 48.8 Å². The topological polar surface area (TPSA) is 19.4 Å². The molecule has 138 valence electrons. The smallest absolute Gasteiger partial charge is 0.257 e. The maximum atomic E-state index is 14.9. The van der Waals surface area contributed by atoms with Gasteiger partial charge in [0.15, 0.2) is 0 Å². The van der Waals surface area contributed by atoms with Gasteiger partial charge in [-0.1, -0.05) is 12.1 Å². The van der Waals surface area contributed by atoms with E-state index in [0.29, 0.717) is 39.1 Å². The first-order chi connectivity index (χ1) is 12.5. The summed E-state index contributed by atoms with van der Waals surface area (Å²) in [6.07, 6.45) is 3.76. The van der Waals surface area contributed by atoms with Gasteiger partial charge in [-0.05, 0) is 36.2 Å². The van der Waals surface area contributed by atoms with Crippen LogP contribution in [0, 0.1) is 11.2 Å². The largest absolute Gasteiger partial charge is 0.369 e. The highest BCUT2D eigenvalue weighted by Crippen LogP contribution is 2.50. The average Bonchev–Trinajstić information content (AvgIpc) is 3.07. The number of alkyl halides is 2. The van der Waals surface area contributed by atoms with E-state index < -0.39 is 11.3 Å². The molecule has 6 heteroatoms. The molecule has 2 aliphatic rings. The summed E-state index contributed by atoms with van der Waals surface area (Å²) < 4.78 is 42.9. The Morgan fingerprint density at radius 2 is 1.81 bits per heavy atom. The van der Waals surface area contributed by atoms with Crippen molar-refractivity contribution in [3.63, 3.8) is 0 Å². The van der Waals surface area contributed by atoms with Gasteiger partial charge in [0.2, 0.25) is 0 Å². The second kappa shape index (κ2) is 6.58. The highest BCUT2D eigenvalue weighted by molar-refractivity contribution is 5.45. The summed E-state index contributed by atoms with van der Waals surface area (Å²) in [5, 5.41) is 0. The average molecular weight is 361 g/mol. The predicted molar refractivity (Wildman–Crippen MR) is 94.7 cm³/mol. The lowest BCUT2D eigenvalue weighted by molar-refractivity contribution is -0.158. The zero-order valence-corrected chi connectivity index (χ0v) is 14.5. The minimum absolute atomic E-state index is 0.130. The number of hydrogen-bond donors (Lipinski definition) is 0. The quantitative estimate of drug-likeness (QED) is 0.825. The molecule has 0 radical (unpaired) electrons. The number of rotatable bonds is 3. The summed E-state index contributed by atoms with van der Waals surface area (Å²) in [7, 11) is 0. The summed E-state index contributed by atoms with van der Waals surface area (Å²) in [5.74, 6) is -2.96. The van der Waals surface area contributed by atoms with Crippen molar-refractivity contribution in [2.24, 2.45) is 5.41 Å². The molecule has 1 unspecified atom stereocenters. The van der Waals surface area contributed by atoms with Crippen LogP contribution in [0.3, 0.4) is 0 Å². The van der Waals surface area contributed by atoms with Gasteiger partial charge in [-0.15, -0.1) is 0 Å². The monoisotopic (exact) mass is 361 g/mol. The number of nitrogens with zero attached hydrogens (tertiary/aromatic N) is 3. The molecule has 3 heterocycles. The van der Waals surface area contributed by atoms with Crippen LogP contribution in [0.2, 0.25) is 0 Å². The van der Waals surface area contributed by atoms with Crippen LogP contribution in [0.25, 0.3) is 0 Å². The number of aromatic nitrogens is 1.